The Hall–Kier alpha value is -3.05. The lowest BCUT2D eigenvalue weighted by atomic mass is 9.89. The fourth-order valence-corrected chi connectivity index (χ4v) is 4.35. The van der Waals surface area contributed by atoms with Crippen LogP contribution in [0.5, 0.6) is 0 Å². The summed E-state index contributed by atoms with van der Waals surface area (Å²) in [5, 5.41) is 9.56. The van der Waals surface area contributed by atoms with Crippen LogP contribution in [0, 0.1) is 0 Å². The molecule has 2 aliphatic rings. The van der Waals surface area contributed by atoms with Crippen molar-refractivity contribution in [2.24, 2.45) is 0 Å². The average Bonchev–Trinajstić information content (AvgIpc) is 3.38. The van der Waals surface area contributed by atoms with Crippen LogP contribution in [0.15, 0.2) is 22.6 Å². The summed E-state index contributed by atoms with van der Waals surface area (Å²) in [5.74, 6) is -1.94. The molecule has 178 valence electrons. The predicted molar refractivity (Wildman–Crippen MR) is 104 cm³/mol. The summed E-state index contributed by atoms with van der Waals surface area (Å²) in [7, 11) is 0. The summed E-state index contributed by atoms with van der Waals surface area (Å²) >= 11 is 0. The fourth-order valence-electron chi connectivity index (χ4n) is 4.35. The third-order valence-corrected chi connectivity index (χ3v) is 5.93. The van der Waals surface area contributed by atoms with E-state index in [4.69, 9.17) is 4.42 Å². The zero-order valence-corrected chi connectivity index (χ0v) is 17.4. The van der Waals surface area contributed by atoms with Crippen LogP contribution < -0.4 is 5.32 Å². The Labute approximate surface area is 185 Å². The van der Waals surface area contributed by atoms with E-state index in [0.29, 0.717) is 29.5 Å². The maximum atomic E-state index is 13.2. The summed E-state index contributed by atoms with van der Waals surface area (Å²) in [4.78, 5) is 26.8. The summed E-state index contributed by atoms with van der Waals surface area (Å²) in [6.07, 6.45) is -6.39. The zero-order valence-electron chi connectivity index (χ0n) is 17.4. The average molecular weight is 472 g/mol. The molecule has 1 aliphatic carbocycles. The molecule has 4 rings (SSSR count). The Bertz CT molecular complexity index is 1040. The van der Waals surface area contributed by atoms with Crippen molar-refractivity contribution < 1.29 is 36.0 Å². The van der Waals surface area contributed by atoms with Gasteiger partial charge in [-0.05, 0) is 30.5 Å². The van der Waals surface area contributed by atoms with Crippen LogP contribution in [-0.2, 0) is 11.3 Å². The summed E-state index contributed by atoms with van der Waals surface area (Å²) in [6.45, 7) is 0.278. The van der Waals surface area contributed by atoms with Gasteiger partial charge in [0.1, 0.15) is 0 Å². The number of alkyl halides is 5. The SMILES string of the molecule is O=C(CCC(F)(F)F)N[C@@H]1CCCC[C@H]1N1Cc2ccc(-c3nnc(C(F)F)o3)cc2C1=O. The van der Waals surface area contributed by atoms with E-state index >= 15 is 0 Å². The van der Waals surface area contributed by atoms with Crippen molar-refractivity contribution in [1.29, 1.82) is 0 Å². The Balaban J connectivity index is 1.48. The van der Waals surface area contributed by atoms with Crippen molar-refractivity contribution in [1.82, 2.24) is 20.4 Å². The van der Waals surface area contributed by atoms with Gasteiger partial charge in [-0.2, -0.15) is 22.0 Å². The Morgan fingerprint density at radius 1 is 1.21 bits per heavy atom. The molecule has 12 heteroatoms. The molecule has 1 aliphatic heterocycles. The highest BCUT2D eigenvalue weighted by Crippen LogP contribution is 2.34. The molecule has 0 unspecified atom stereocenters. The lowest BCUT2D eigenvalue weighted by molar-refractivity contribution is -0.144. The molecule has 1 aromatic heterocycles. The molecule has 0 bridgehead atoms. The van der Waals surface area contributed by atoms with Gasteiger partial charge in [0.25, 0.3) is 11.8 Å². The number of fused-ring (bicyclic) bond motifs is 1. The molecule has 7 nitrogen and oxygen atoms in total. The normalized spacial score (nSPS) is 20.9. The van der Waals surface area contributed by atoms with Gasteiger partial charge in [-0.1, -0.05) is 18.9 Å². The number of nitrogens with zero attached hydrogens (tertiary/aromatic N) is 3. The molecule has 1 saturated carbocycles. The van der Waals surface area contributed by atoms with Gasteiger partial charge in [-0.15, -0.1) is 10.2 Å². The van der Waals surface area contributed by atoms with Crippen molar-refractivity contribution in [3.05, 3.63) is 35.2 Å². The van der Waals surface area contributed by atoms with Gasteiger partial charge in [0.15, 0.2) is 0 Å². The Morgan fingerprint density at radius 3 is 2.67 bits per heavy atom. The number of amides is 2. The van der Waals surface area contributed by atoms with Crippen molar-refractivity contribution in [3.63, 3.8) is 0 Å². The largest absolute Gasteiger partial charge is 0.415 e. The van der Waals surface area contributed by atoms with E-state index in [2.05, 4.69) is 15.5 Å². The maximum absolute atomic E-state index is 13.2. The van der Waals surface area contributed by atoms with Gasteiger partial charge in [-0.25, -0.2) is 0 Å². The number of rotatable bonds is 6. The summed E-state index contributed by atoms with van der Waals surface area (Å²) < 4.78 is 67.7. The van der Waals surface area contributed by atoms with Crippen LogP contribution >= 0.6 is 0 Å². The number of hydrogen-bond acceptors (Lipinski definition) is 5. The number of aromatic nitrogens is 2. The smallest absolute Gasteiger partial charge is 0.389 e. The minimum Gasteiger partial charge on any atom is -0.415 e. The van der Waals surface area contributed by atoms with Crippen LogP contribution in [0.25, 0.3) is 11.5 Å². The molecule has 2 aromatic rings. The molecule has 0 radical (unpaired) electrons. The van der Waals surface area contributed by atoms with Gasteiger partial charge < -0.3 is 14.6 Å². The monoisotopic (exact) mass is 472 g/mol. The molecule has 0 saturated heterocycles. The highest BCUT2D eigenvalue weighted by atomic mass is 19.4. The third-order valence-electron chi connectivity index (χ3n) is 5.93. The van der Waals surface area contributed by atoms with Crippen LogP contribution in [0.3, 0.4) is 0 Å². The predicted octanol–water partition coefficient (Wildman–Crippen LogP) is 4.40. The second-order valence-electron chi connectivity index (χ2n) is 8.19. The number of benzene rings is 1. The first-order valence-corrected chi connectivity index (χ1v) is 10.5. The minimum absolute atomic E-state index is 0.133. The van der Waals surface area contributed by atoms with E-state index in [1.54, 1.807) is 17.0 Å². The van der Waals surface area contributed by atoms with Crippen LogP contribution in [-0.4, -0.2) is 45.2 Å². The summed E-state index contributed by atoms with van der Waals surface area (Å²) in [5.41, 5.74) is 1.39. The van der Waals surface area contributed by atoms with Crippen molar-refractivity contribution in [3.8, 4) is 11.5 Å². The van der Waals surface area contributed by atoms with E-state index < -0.39 is 43.3 Å². The first kappa shape index (κ1) is 23.1. The third kappa shape index (κ3) is 5.14. The molecule has 2 heterocycles. The van der Waals surface area contributed by atoms with E-state index in [1.165, 1.54) is 6.07 Å². The molecule has 1 fully saturated rings. The number of nitrogens with one attached hydrogen (secondary N) is 1. The van der Waals surface area contributed by atoms with Crippen molar-refractivity contribution >= 4 is 11.8 Å². The molecule has 33 heavy (non-hydrogen) atoms. The lowest BCUT2D eigenvalue weighted by Gasteiger charge is -2.38. The van der Waals surface area contributed by atoms with Crippen molar-refractivity contribution in [2.45, 2.75) is 69.8 Å². The molecular weight excluding hydrogens is 451 g/mol. The molecule has 2 amide bonds. The quantitative estimate of drug-likeness (QED) is 0.630. The molecular formula is C21H21F5N4O3. The second kappa shape index (κ2) is 9.06. The van der Waals surface area contributed by atoms with Gasteiger partial charge in [-0.3, -0.25) is 9.59 Å². The molecule has 1 aromatic carbocycles. The topological polar surface area (TPSA) is 88.3 Å². The standard InChI is InChI=1S/C21H21F5N4O3/c22-17(23)19-29-28-18(33-19)11-5-6-12-10-30(20(32)13(12)9-11)15-4-2-1-3-14(15)27-16(31)7-8-21(24,25)26/h5-6,9,14-15,17H,1-4,7-8,10H2,(H,27,31)/t14-,15-/m1/s1. The van der Waals surface area contributed by atoms with Crippen LogP contribution in [0.2, 0.25) is 0 Å². The number of carbonyl (C=O) groups excluding carboxylic acids is 2. The maximum Gasteiger partial charge on any atom is 0.389 e. The highest BCUT2D eigenvalue weighted by Gasteiger charge is 2.39. The van der Waals surface area contributed by atoms with Crippen molar-refractivity contribution in [2.75, 3.05) is 0 Å². The number of hydrogen-bond donors (Lipinski definition) is 1. The van der Waals surface area contributed by atoms with E-state index in [1.807, 2.05) is 0 Å². The molecule has 0 spiro atoms. The highest BCUT2D eigenvalue weighted by molar-refractivity contribution is 5.99. The molecule has 1 N–H and O–H groups in total. The van der Waals surface area contributed by atoms with Gasteiger partial charge in [0.05, 0.1) is 12.5 Å². The van der Waals surface area contributed by atoms with Crippen LogP contribution in [0.1, 0.15) is 66.8 Å². The van der Waals surface area contributed by atoms with E-state index in [9.17, 15) is 31.5 Å². The zero-order chi connectivity index (χ0) is 23.8. The second-order valence-corrected chi connectivity index (χ2v) is 8.19. The number of carbonyl (C=O) groups is 2. The fraction of sp³-hybridized carbons (Fsp3) is 0.524. The van der Waals surface area contributed by atoms with E-state index in [-0.39, 0.29) is 24.4 Å². The first-order chi connectivity index (χ1) is 15.6. The van der Waals surface area contributed by atoms with Gasteiger partial charge >= 0.3 is 12.6 Å². The number of halogens is 5. The first-order valence-electron chi connectivity index (χ1n) is 10.5. The molecule has 2 atom stereocenters. The lowest BCUT2D eigenvalue weighted by Crippen LogP contribution is -2.53. The van der Waals surface area contributed by atoms with E-state index in [0.717, 1.165) is 12.8 Å². The minimum atomic E-state index is -4.41. The van der Waals surface area contributed by atoms with Crippen LogP contribution in [0.4, 0.5) is 22.0 Å². The van der Waals surface area contributed by atoms with Gasteiger partial charge in [0, 0.05) is 30.1 Å². The Morgan fingerprint density at radius 2 is 1.97 bits per heavy atom. The Kier molecular flexibility index (Phi) is 6.35. The van der Waals surface area contributed by atoms with Gasteiger partial charge in [0.2, 0.25) is 11.8 Å². The summed E-state index contributed by atoms with van der Waals surface area (Å²) in [6, 6.07) is 3.97.